The van der Waals surface area contributed by atoms with Gasteiger partial charge in [0.1, 0.15) is 11.6 Å². The Balaban J connectivity index is 1.67. The standard InChI is InChI=1S/C19H17N3O3/c1-11(23)14-9-22-15-5-3-2-4-13(15)21-19(22)18(20-14)12-6-7-16-17(8-12)25-10-24-16/h2-8,14,18,20H,9-10H2,1H3. The van der Waals surface area contributed by atoms with Crippen molar-refractivity contribution in [1.82, 2.24) is 14.9 Å². The van der Waals surface area contributed by atoms with Crippen LogP contribution in [-0.2, 0) is 11.3 Å². The minimum absolute atomic E-state index is 0.120. The summed E-state index contributed by atoms with van der Waals surface area (Å²) in [6.45, 7) is 2.45. The lowest BCUT2D eigenvalue weighted by Gasteiger charge is -2.31. The summed E-state index contributed by atoms with van der Waals surface area (Å²) in [6, 6.07) is 13.5. The molecule has 0 aliphatic carbocycles. The van der Waals surface area contributed by atoms with Crippen molar-refractivity contribution in [3.05, 3.63) is 53.9 Å². The third-order valence-corrected chi connectivity index (χ3v) is 4.90. The fourth-order valence-electron chi connectivity index (χ4n) is 3.60. The lowest BCUT2D eigenvalue weighted by atomic mass is 10.0. The maximum atomic E-state index is 12.1. The van der Waals surface area contributed by atoms with Gasteiger partial charge in [0.15, 0.2) is 11.5 Å². The van der Waals surface area contributed by atoms with Crippen LogP contribution in [0, 0.1) is 0 Å². The molecule has 2 aromatic carbocycles. The molecule has 5 rings (SSSR count). The summed E-state index contributed by atoms with van der Waals surface area (Å²) in [6.07, 6.45) is 0. The summed E-state index contributed by atoms with van der Waals surface area (Å²) in [5, 5.41) is 3.45. The van der Waals surface area contributed by atoms with Gasteiger partial charge in [-0.1, -0.05) is 18.2 Å². The van der Waals surface area contributed by atoms with E-state index in [9.17, 15) is 4.79 Å². The van der Waals surface area contributed by atoms with Crippen molar-refractivity contribution in [2.75, 3.05) is 6.79 Å². The number of carbonyl (C=O) groups is 1. The van der Waals surface area contributed by atoms with Crippen LogP contribution in [-0.4, -0.2) is 28.2 Å². The SMILES string of the molecule is CC(=O)C1Cn2c(nc3ccccc32)C(c2ccc3c(c2)OCO3)N1. The molecule has 3 heterocycles. The first-order valence-corrected chi connectivity index (χ1v) is 8.32. The number of rotatable bonds is 2. The van der Waals surface area contributed by atoms with Gasteiger partial charge in [-0.15, -0.1) is 0 Å². The van der Waals surface area contributed by atoms with Crippen LogP contribution in [0.1, 0.15) is 24.4 Å². The van der Waals surface area contributed by atoms with E-state index in [4.69, 9.17) is 14.5 Å². The number of nitrogens with zero attached hydrogens (tertiary/aromatic N) is 2. The Morgan fingerprint density at radius 1 is 1.20 bits per heavy atom. The van der Waals surface area contributed by atoms with Gasteiger partial charge in [0.05, 0.1) is 23.1 Å². The van der Waals surface area contributed by atoms with Crippen LogP contribution >= 0.6 is 0 Å². The number of imidazole rings is 1. The van der Waals surface area contributed by atoms with Gasteiger partial charge >= 0.3 is 0 Å². The largest absolute Gasteiger partial charge is 0.454 e. The van der Waals surface area contributed by atoms with Crippen LogP contribution in [0.3, 0.4) is 0 Å². The zero-order valence-corrected chi connectivity index (χ0v) is 13.7. The molecule has 6 heteroatoms. The lowest BCUT2D eigenvalue weighted by Crippen LogP contribution is -2.46. The number of ketones is 1. The molecule has 2 aliphatic rings. The Labute approximate surface area is 144 Å². The second-order valence-corrected chi connectivity index (χ2v) is 6.44. The average Bonchev–Trinajstić information content (AvgIpc) is 3.24. The highest BCUT2D eigenvalue weighted by atomic mass is 16.7. The van der Waals surface area contributed by atoms with Crippen LogP contribution in [0.4, 0.5) is 0 Å². The predicted molar refractivity (Wildman–Crippen MR) is 91.7 cm³/mol. The number of benzene rings is 2. The quantitative estimate of drug-likeness (QED) is 0.779. The summed E-state index contributed by atoms with van der Waals surface area (Å²) >= 11 is 0. The number of Topliss-reactive ketones (excluding diaryl/α,β-unsaturated/α-hetero) is 1. The molecule has 2 unspecified atom stereocenters. The number of fused-ring (bicyclic) bond motifs is 4. The number of para-hydroxylation sites is 2. The molecule has 3 aromatic rings. The van der Waals surface area contributed by atoms with Crippen LogP contribution < -0.4 is 14.8 Å². The fraction of sp³-hybridized carbons (Fsp3) is 0.263. The van der Waals surface area contributed by atoms with E-state index in [1.807, 2.05) is 42.5 Å². The first-order valence-electron chi connectivity index (χ1n) is 8.32. The molecule has 0 bridgehead atoms. The highest BCUT2D eigenvalue weighted by Crippen LogP contribution is 2.37. The van der Waals surface area contributed by atoms with Crippen molar-refractivity contribution < 1.29 is 14.3 Å². The minimum Gasteiger partial charge on any atom is -0.454 e. The maximum absolute atomic E-state index is 12.1. The molecule has 1 N–H and O–H groups in total. The topological polar surface area (TPSA) is 65.4 Å². The van der Waals surface area contributed by atoms with Crippen molar-refractivity contribution in [3.8, 4) is 11.5 Å². The van der Waals surface area contributed by atoms with Gasteiger partial charge in [0, 0.05) is 6.54 Å². The summed E-state index contributed by atoms with van der Waals surface area (Å²) in [5.74, 6) is 2.51. The Kier molecular flexibility index (Phi) is 3.08. The molecular formula is C19H17N3O3. The van der Waals surface area contributed by atoms with Gasteiger partial charge in [0.25, 0.3) is 0 Å². The normalized spacial score (nSPS) is 21.3. The highest BCUT2D eigenvalue weighted by Gasteiger charge is 2.33. The monoisotopic (exact) mass is 335 g/mol. The van der Waals surface area contributed by atoms with Crippen LogP contribution in [0.25, 0.3) is 11.0 Å². The Morgan fingerprint density at radius 2 is 2.04 bits per heavy atom. The highest BCUT2D eigenvalue weighted by molar-refractivity contribution is 5.83. The molecule has 6 nitrogen and oxygen atoms in total. The third-order valence-electron chi connectivity index (χ3n) is 4.90. The molecule has 0 amide bonds. The van der Waals surface area contributed by atoms with Crippen molar-refractivity contribution in [2.24, 2.45) is 0 Å². The van der Waals surface area contributed by atoms with Crippen molar-refractivity contribution in [3.63, 3.8) is 0 Å². The molecular weight excluding hydrogens is 318 g/mol. The molecule has 0 spiro atoms. The number of aromatic nitrogens is 2. The molecule has 2 aliphatic heterocycles. The van der Waals surface area contributed by atoms with Crippen molar-refractivity contribution in [2.45, 2.75) is 25.6 Å². The van der Waals surface area contributed by atoms with E-state index < -0.39 is 0 Å². The van der Waals surface area contributed by atoms with E-state index in [2.05, 4.69) is 9.88 Å². The fourth-order valence-corrected chi connectivity index (χ4v) is 3.60. The Hall–Kier alpha value is -2.86. The number of carbonyl (C=O) groups excluding carboxylic acids is 1. The Bertz CT molecular complexity index is 995. The third kappa shape index (κ3) is 2.21. The van der Waals surface area contributed by atoms with Crippen LogP contribution in [0.5, 0.6) is 11.5 Å². The number of nitrogens with one attached hydrogen (secondary N) is 1. The van der Waals surface area contributed by atoms with E-state index >= 15 is 0 Å². The van der Waals surface area contributed by atoms with Gasteiger partial charge in [-0.05, 0) is 36.8 Å². The van der Waals surface area contributed by atoms with E-state index in [0.29, 0.717) is 6.54 Å². The van der Waals surface area contributed by atoms with Crippen LogP contribution in [0.15, 0.2) is 42.5 Å². The molecule has 0 fully saturated rings. The molecule has 25 heavy (non-hydrogen) atoms. The van der Waals surface area contributed by atoms with E-state index in [0.717, 1.165) is 33.9 Å². The van der Waals surface area contributed by atoms with Crippen molar-refractivity contribution in [1.29, 1.82) is 0 Å². The lowest BCUT2D eigenvalue weighted by molar-refractivity contribution is -0.119. The molecule has 126 valence electrons. The summed E-state index contributed by atoms with van der Waals surface area (Å²) in [4.78, 5) is 16.9. The summed E-state index contributed by atoms with van der Waals surface area (Å²) in [7, 11) is 0. The van der Waals surface area contributed by atoms with E-state index in [1.165, 1.54) is 0 Å². The average molecular weight is 335 g/mol. The number of ether oxygens (including phenoxy) is 2. The summed E-state index contributed by atoms with van der Waals surface area (Å²) < 4.78 is 13.1. The maximum Gasteiger partial charge on any atom is 0.231 e. The molecule has 1 aromatic heterocycles. The van der Waals surface area contributed by atoms with Crippen molar-refractivity contribution >= 4 is 16.8 Å². The van der Waals surface area contributed by atoms with Gasteiger partial charge in [-0.2, -0.15) is 0 Å². The first-order chi connectivity index (χ1) is 12.2. The Morgan fingerprint density at radius 3 is 2.92 bits per heavy atom. The number of hydrogen-bond acceptors (Lipinski definition) is 5. The smallest absolute Gasteiger partial charge is 0.231 e. The van der Waals surface area contributed by atoms with Crippen LogP contribution in [0.2, 0.25) is 0 Å². The van der Waals surface area contributed by atoms with Gasteiger partial charge < -0.3 is 14.0 Å². The van der Waals surface area contributed by atoms with Gasteiger partial charge in [0.2, 0.25) is 6.79 Å². The second-order valence-electron chi connectivity index (χ2n) is 6.44. The van der Waals surface area contributed by atoms with Gasteiger partial charge in [-0.3, -0.25) is 10.1 Å². The predicted octanol–water partition coefficient (Wildman–Crippen LogP) is 2.42. The molecule has 0 saturated carbocycles. The van der Waals surface area contributed by atoms with Gasteiger partial charge in [-0.25, -0.2) is 4.98 Å². The zero-order valence-electron chi connectivity index (χ0n) is 13.7. The minimum atomic E-state index is -0.250. The molecule has 0 saturated heterocycles. The first kappa shape index (κ1) is 14.5. The number of hydrogen-bond donors (Lipinski definition) is 1. The molecule has 0 radical (unpaired) electrons. The molecule has 2 atom stereocenters. The second kappa shape index (κ2) is 5.32. The zero-order chi connectivity index (χ0) is 17.0. The van der Waals surface area contributed by atoms with E-state index in [1.54, 1.807) is 6.92 Å². The summed E-state index contributed by atoms with van der Waals surface area (Å²) in [5.41, 5.74) is 3.00. The van der Waals surface area contributed by atoms with E-state index in [-0.39, 0.29) is 24.7 Å².